The molecule has 4 heteroatoms. The molecule has 0 aromatic carbocycles. The summed E-state index contributed by atoms with van der Waals surface area (Å²) >= 11 is 0. The number of ether oxygens (including phenoxy) is 1. The largest absolute Gasteiger partial charge is 0.369 e. The molecule has 1 fully saturated rings. The van der Waals surface area contributed by atoms with Gasteiger partial charge in [0.2, 0.25) is 5.91 Å². The Balaban J connectivity index is 2.05. The predicted octanol–water partition coefficient (Wildman–Crippen LogP) is 0.267. The monoisotopic (exact) mass is 200 g/mol. The van der Waals surface area contributed by atoms with Crippen LogP contribution in [0.15, 0.2) is 0 Å². The van der Waals surface area contributed by atoms with Crippen molar-refractivity contribution in [3.63, 3.8) is 0 Å². The topological polar surface area (TPSA) is 64.3 Å². The normalized spacial score (nSPS) is 24.5. The number of carbonyl (C=O) groups excluding carboxylic acids is 1. The highest BCUT2D eigenvalue weighted by Gasteiger charge is 2.14. The zero-order chi connectivity index (χ0) is 10.4. The molecule has 4 nitrogen and oxygen atoms in total. The molecular formula is C10H20N2O2. The van der Waals surface area contributed by atoms with Crippen molar-refractivity contribution in [3.8, 4) is 0 Å². The number of amides is 1. The zero-order valence-electron chi connectivity index (χ0n) is 8.79. The highest BCUT2D eigenvalue weighted by molar-refractivity contribution is 5.78. The second kappa shape index (κ2) is 5.98. The van der Waals surface area contributed by atoms with Gasteiger partial charge in [0.1, 0.15) is 6.10 Å². The molecule has 2 atom stereocenters. The first-order valence-corrected chi connectivity index (χ1v) is 5.32. The van der Waals surface area contributed by atoms with Crippen molar-refractivity contribution in [2.45, 2.75) is 32.3 Å². The van der Waals surface area contributed by atoms with E-state index in [1.165, 1.54) is 12.8 Å². The first kappa shape index (κ1) is 11.5. The summed E-state index contributed by atoms with van der Waals surface area (Å²) in [4.78, 5) is 10.7. The molecule has 1 aliphatic rings. The van der Waals surface area contributed by atoms with Crippen molar-refractivity contribution in [3.05, 3.63) is 0 Å². The molecule has 82 valence electrons. The molecule has 0 radical (unpaired) electrons. The van der Waals surface area contributed by atoms with E-state index in [1.807, 2.05) is 0 Å². The fourth-order valence-corrected chi connectivity index (χ4v) is 1.66. The maximum Gasteiger partial charge on any atom is 0.246 e. The molecule has 0 aromatic heterocycles. The van der Waals surface area contributed by atoms with Crippen LogP contribution in [0, 0.1) is 5.92 Å². The van der Waals surface area contributed by atoms with Crippen molar-refractivity contribution >= 4 is 5.91 Å². The number of primary amides is 1. The Morgan fingerprint density at radius 1 is 1.71 bits per heavy atom. The predicted molar refractivity (Wildman–Crippen MR) is 54.8 cm³/mol. The van der Waals surface area contributed by atoms with E-state index >= 15 is 0 Å². The van der Waals surface area contributed by atoms with Gasteiger partial charge < -0.3 is 15.8 Å². The van der Waals surface area contributed by atoms with Gasteiger partial charge in [-0.25, -0.2) is 0 Å². The van der Waals surface area contributed by atoms with Crippen LogP contribution in [0.25, 0.3) is 0 Å². The summed E-state index contributed by atoms with van der Waals surface area (Å²) in [6.07, 6.45) is 3.08. The van der Waals surface area contributed by atoms with Crippen LogP contribution in [-0.2, 0) is 9.53 Å². The van der Waals surface area contributed by atoms with E-state index in [-0.39, 0.29) is 5.91 Å². The van der Waals surface area contributed by atoms with Crippen LogP contribution in [0.5, 0.6) is 0 Å². The van der Waals surface area contributed by atoms with Gasteiger partial charge >= 0.3 is 0 Å². The standard InChI is InChI=1S/C10H20N2O2/c1-8(10(11)13)14-6-4-9-3-2-5-12-7-9/h8-9,12H,2-7H2,1H3,(H2,11,13). The minimum Gasteiger partial charge on any atom is -0.369 e. The molecule has 14 heavy (non-hydrogen) atoms. The number of hydrogen-bond donors (Lipinski definition) is 2. The first-order chi connectivity index (χ1) is 6.70. The molecule has 0 spiro atoms. The molecule has 0 bridgehead atoms. The molecule has 1 aliphatic heterocycles. The van der Waals surface area contributed by atoms with E-state index in [0.29, 0.717) is 12.5 Å². The second-order valence-corrected chi connectivity index (χ2v) is 3.92. The average Bonchev–Trinajstić information content (AvgIpc) is 2.19. The van der Waals surface area contributed by atoms with E-state index < -0.39 is 6.10 Å². The summed E-state index contributed by atoms with van der Waals surface area (Å²) in [5.74, 6) is 0.315. The van der Waals surface area contributed by atoms with Crippen LogP contribution in [-0.4, -0.2) is 31.7 Å². The number of nitrogens with two attached hydrogens (primary N) is 1. The summed E-state index contributed by atoms with van der Waals surface area (Å²) in [6, 6.07) is 0. The fraction of sp³-hybridized carbons (Fsp3) is 0.900. The van der Waals surface area contributed by atoms with Crippen LogP contribution in [0.4, 0.5) is 0 Å². The summed E-state index contributed by atoms with van der Waals surface area (Å²) in [5, 5.41) is 3.35. The van der Waals surface area contributed by atoms with Crippen molar-refractivity contribution in [2.24, 2.45) is 11.7 Å². The lowest BCUT2D eigenvalue weighted by molar-refractivity contribution is -0.128. The third kappa shape index (κ3) is 4.07. The highest BCUT2D eigenvalue weighted by atomic mass is 16.5. The van der Waals surface area contributed by atoms with E-state index in [1.54, 1.807) is 6.92 Å². The Kier molecular flexibility index (Phi) is 4.90. The minimum absolute atomic E-state index is 0.383. The molecule has 0 saturated carbocycles. The fourth-order valence-electron chi connectivity index (χ4n) is 1.66. The van der Waals surface area contributed by atoms with Gasteiger partial charge in [-0.3, -0.25) is 4.79 Å². The van der Waals surface area contributed by atoms with Gasteiger partial charge in [0.25, 0.3) is 0 Å². The molecule has 1 heterocycles. The van der Waals surface area contributed by atoms with Crippen LogP contribution < -0.4 is 11.1 Å². The summed E-state index contributed by atoms with van der Waals surface area (Å²) < 4.78 is 5.30. The molecule has 1 amide bonds. The van der Waals surface area contributed by atoms with Gasteiger partial charge in [-0.1, -0.05) is 0 Å². The van der Waals surface area contributed by atoms with Gasteiger partial charge in [-0.05, 0) is 45.2 Å². The summed E-state index contributed by atoms with van der Waals surface area (Å²) in [6.45, 7) is 4.54. The Morgan fingerprint density at radius 3 is 3.07 bits per heavy atom. The number of hydrogen-bond acceptors (Lipinski definition) is 3. The minimum atomic E-state index is -0.452. The molecule has 0 aromatic rings. The molecule has 0 aliphatic carbocycles. The van der Waals surface area contributed by atoms with Gasteiger partial charge in [-0.2, -0.15) is 0 Å². The van der Waals surface area contributed by atoms with Crippen LogP contribution in [0.1, 0.15) is 26.2 Å². The van der Waals surface area contributed by atoms with E-state index in [2.05, 4.69) is 5.32 Å². The van der Waals surface area contributed by atoms with Gasteiger partial charge in [0.05, 0.1) is 0 Å². The Morgan fingerprint density at radius 2 is 2.50 bits per heavy atom. The average molecular weight is 200 g/mol. The first-order valence-electron chi connectivity index (χ1n) is 5.32. The van der Waals surface area contributed by atoms with Crippen LogP contribution >= 0.6 is 0 Å². The Bertz CT molecular complexity index is 179. The zero-order valence-corrected chi connectivity index (χ0v) is 8.79. The van der Waals surface area contributed by atoms with E-state index in [4.69, 9.17) is 10.5 Å². The maximum absolute atomic E-state index is 10.7. The molecule has 2 unspecified atom stereocenters. The number of carbonyl (C=O) groups is 1. The van der Waals surface area contributed by atoms with E-state index in [9.17, 15) is 4.79 Å². The van der Waals surface area contributed by atoms with Crippen molar-refractivity contribution in [1.29, 1.82) is 0 Å². The second-order valence-electron chi connectivity index (χ2n) is 3.92. The van der Waals surface area contributed by atoms with Crippen LogP contribution in [0.3, 0.4) is 0 Å². The molecule has 1 rings (SSSR count). The van der Waals surface area contributed by atoms with Crippen molar-refractivity contribution in [2.75, 3.05) is 19.7 Å². The number of nitrogens with one attached hydrogen (secondary N) is 1. The third-order valence-corrected chi connectivity index (χ3v) is 2.69. The van der Waals surface area contributed by atoms with Gasteiger partial charge in [0.15, 0.2) is 0 Å². The van der Waals surface area contributed by atoms with Crippen molar-refractivity contribution < 1.29 is 9.53 Å². The number of rotatable bonds is 5. The lowest BCUT2D eigenvalue weighted by atomic mass is 9.97. The van der Waals surface area contributed by atoms with Gasteiger partial charge in [-0.15, -0.1) is 0 Å². The number of piperidine rings is 1. The SMILES string of the molecule is CC(OCCC1CCCNC1)C(N)=O. The Hall–Kier alpha value is -0.610. The quantitative estimate of drug-likeness (QED) is 0.669. The maximum atomic E-state index is 10.7. The van der Waals surface area contributed by atoms with E-state index in [0.717, 1.165) is 19.5 Å². The molecule has 1 saturated heterocycles. The summed E-state index contributed by atoms with van der Waals surface area (Å²) in [5.41, 5.74) is 5.08. The Labute approximate surface area is 85.2 Å². The van der Waals surface area contributed by atoms with Crippen molar-refractivity contribution in [1.82, 2.24) is 5.32 Å². The summed E-state index contributed by atoms with van der Waals surface area (Å²) in [7, 11) is 0. The smallest absolute Gasteiger partial charge is 0.246 e. The molecule has 3 N–H and O–H groups in total. The lowest BCUT2D eigenvalue weighted by Crippen LogP contribution is -2.32. The lowest BCUT2D eigenvalue weighted by Gasteiger charge is -2.22. The molecular weight excluding hydrogens is 180 g/mol. The third-order valence-electron chi connectivity index (χ3n) is 2.69. The van der Waals surface area contributed by atoms with Crippen LogP contribution in [0.2, 0.25) is 0 Å². The van der Waals surface area contributed by atoms with Gasteiger partial charge in [0, 0.05) is 6.61 Å². The highest BCUT2D eigenvalue weighted by Crippen LogP contribution is 2.13.